The fourth-order valence-corrected chi connectivity index (χ4v) is 1.89. The lowest BCUT2D eigenvalue weighted by molar-refractivity contribution is 0.0689. The molecule has 6 heteroatoms. The van der Waals surface area contributed by atoms with Crippen LogP contribution in [0.4, 0.5) is 0 Å². The van der Waals surface area contributed by atoms with Crippen LogP contribution >= 0.6 is 0 Å². The quantitative estimate of drug-likeness (QED) is 0.904. The van der Waals surface area contributed by atoms with Gasteiger partial charge in [0.15, 0.2) is 5.69 Å². The Kier molecular flexibility index (Phi) is 4.30. The van der Waals surface area contributed by atoms with Gasteiger partial charge in [-0.15, -0.1) is 0 Å². The van der Waals surface area contributed by atoms with E-state index in [4.69, 9.17) is 9.84 Å². The fourth-order valence-electron chi connectivity index (χ4n) is 1.89. The zero-order valence-corrected chi connectivity index (χ0v) is 12.7. The van der Waals surface area contributed by atoms with Crippen LogP contribution in [0.25, 0.3) is 0 Å². The minimum atomic E-state index is -1.25. The van der Waals surface area contributed by atoms with Gasteiger partial charge in [-0.25, -0.2) is 9.78 Å². The number of H-pyrrole nitrogens is 1. The van der Waals surface area contributed by atoms with Gasteiger partial charge in [0.2, 0.25) is 0 Å². The predicted molar refractivity (Wildman–Crippen MR) is 81.3 cm³/mol. The minimum absolute atomic E-state index is 0.00871. The molecular weight excluding hydrogens is 284 g/mol. The van der Waals surface area contributed by atoms with Gasteiger partial charge in [0, 0.05) is 6.07 Å². The molecule has 1 heterocycles. The molecule has 0 fully saturated rings. The van der Waals surface area contributed by atoms with Gasteiger partial charge in [0.05, 0.1) is 0 Å². The molecule has 0 aliphatic carbocycles. The summed E-state index contributed by atoms with van der Waals surface area (Å²) in [4.78, 5) is 28.5. The summed E-state index contributed by atoms with van der Waals surface area (Å²) >= 11 is 0. The molecule has 0 amide bonds. The third-order valence-corrected chi connectivity index (χ3v) is 3.11. The normalized spacial score (nSPS) is 11.2. The van der Waals surface area contributed by atoms with Crippen molar-refractivity contribution in [2.75, 3.05) is 0 Å². The van der Waals surface area contributed by atoms with Gasteiger partial charge in [-0.3, -0.25) is 4.79 Å². The Morgan fingerprint density at radius 1 is 1.27 bits per heavy atom. The Hall–Kier alpha value is -2.63. The third kappa shape index (κ3) is 3.94. The number of carbonyl (C=O) groups is 1. The van der Waals surface area contributed by atoms with Crippen LogP contribution in [0.3, 0.4) is 0 Å². The van der Waals surface area contributed by atoms with E-state index in [0.717, 1.165) is 6.07 Å². The van der Waals surface area contributed by atoms with Crippen LogP contribution in [0, 0.1) is 0 Å². The van der Waals surface area contributed by atoms with Gasteiger partial charge in [-0.2, -0.15) is 0 Å². The van der Waals surface area contributed by atoms with E-state index in [1.807, 2.05) is 24.3 Å². The van der Waals surface area contributed by atoms with Crippen LogP contribution in [-0.4, -0.2) is 21.0 Å². The molecule has 2 rings (SSSR count). The average Bonchev–Trinajstić information content (AvgIpc) is 2.44. The van der Waals surface area contributed by atoms with E-state index in [1.165, 1.54) is 5.56 Å². The summed E-state index contributed by atoms with van der Waals surface area (Å²) in [5.41, 5.74) is 0.417. The number of aromatic amines is 1. The first kappa shape index (κ1) is 15.8. The van der Waals surface area contributed by atoms with Crippen LogP contribution in [-0.2, 0) is 12.0 Å². The number of rotatable bonds is 4. The van der Waals surface area contributed by atoms with E-state index >= 15 is 0 Å². The standard InChI is InChI=1S/C16H18N2O4/c1-16(2,3)10-4-6-11(7-5-10)22-9-13-17-12(15(20)21)8-14(19)18-13/h4-8H,9H2,1-3H3,(H,20,21)(H,17,18,19). The topological polar surface area (TPSA) is 92.3 Å². The smallest absolute Gasteiger partial charge is 0.354 e. The van der Waals surface area contributed by atoms with Crippen molar-refractivity contribution in [3.63, 3.8) is 0 Å². The molecule has 0 radical (unpaired) electrons. The zero-order valence-electron chi connectivity index (χ0n) is 12.7. The maximum atomic E-state index is 11.4. The van der Waals surface area contributed by atoms with Gasteiger partial charge in [-0.1, -0.05) is 32.9 Å². The Labute approximate surface area is 127 Å². The van der Waals surface area contributed by atoms with Gasteiger partial charge < -0.3 is 14.8 Å². The van der Waals surface area contributed by atoms with E-state index in [9.17, 15) is 9.59 Å². The van der Waals surface area contributed by atoms with Gasteiger partial charge in [-0.05, 0) is 23.1 Å². The van der Waals surface area contributed by atoms with Crippen LogP contribution < -0.4 is 10.3 Å². The Morgan fingerprint density at radius 2 is 1.91 bits per heavy atom. The minimum Gasteiger partial charge on any atom is -0.486 e. The average molecular weight is 302 g/mol. The van der Waals surface area contributed by atoms with Crippen LogP contribution in [0.1, 0.15) is 42.6 Å². The highest BCUT2D eigenvalue weighted by molar-refractivity contribution is 5.85. The Balaban J connectivity index is 2.10. The molecule has 0 saturated heterocycles. The number of aromatic nitrogens is 2. The molecule has 2 N–H and O–H groups in total. The molecule has 22 heavy (non-hydrogen) atoms. The van der Waals surface area contributed by atoms with Crippen LogP contribution in [0.5, 0.6) is 5.75 Å². The summed E-state index contributed by atoms with van der Waals surface area (Å²) in [6.07, 6.45) is 0. The summed E-state index contributed by atoms with van der Waals surface area (Å²) in [6, 6.07) is 8.54. The molecule has 0 spiro atoms. The Morgan fingerprint density at radius 3 is 2.45 bits per heavy atom. The van der Waals surface area contributed by atoms with Crippen molar-refractivity contribution in [3.05, 3.63) is 57.8 Å². The summed E-state index contributed by atoms with van der Waals surface area (Å²) < 4.78 is 5.52. The maximum absolute atomic E-state index is 11.4. The number of aromatic carboxylic acids is 1. The molecule has 0 unspecified atom stereocenters. The molecule has 0 aliphatic rings. The summed E-state index contributed by atoms with van der Waals surface area (Å²) in [5.74, 6) is -0.456. The van der Waals surface area contributed by atoms with Crippen molar-refractivity contribution in [2.45, 2.75) is 32.8 Å². The van der Waals surface area contributed by atoms with E-state index in [2.05, 4.69) is 30.7 Å². The van der Waals surface area contributed by atoms with Gasteiger partial charge in [0.1, 0.15) is 18.2 Å². The number of hydrogen-bond donors (Lipinski definition) is 2. The predicted octanol–water partition coefficient (Wildman–Crippen LogP) is 2.34. The number of nitrogens with one attached hydrogen (secondary N) is 1. The first-order valence-corrected chi connectivity index (χ1v) is 6.82. The second-order valence-corrected chi connectivity index (χ2v) is 5.95. The van der Waals surface area contributed by atoms with Crippen molar-refractivity contribution < 1.29 is 14.6 Å². The lowest BCUT2D eigenvalue weighted by Crippen LogP contribution is -2.17. The van der Waals surface area contributed by atoms with E-state index in [0.29, 0.717) is 5.75 Å². The lowest BCUT2D eigenvalue weighted by atomic mass is 9.87. The lowest BCUT2D eigenvalue weighted by Gasteiger charge is -2.19. The number of carboxylic acid groups (broad SMARTS) is 1. The van der Waals surface area contributed by atoms with E-state index in [1.54, 1.807) is 0 Å². The molecule has 116 valence electrons. The van der Waals surface area contributed by atoms with Crippen LogP contribution in [0.15, 0.2) is 35.1 Å². The largest absolute Gasteiger partial charge is 0.486 e. The molecule has 0 saturated carbocycles. The molecule has 0 aliphatic heterocycles. The zero-order chi connectivity index (χ0) is 16.3. The van der Waals surface area contributed by atoms with Crippen molar-refractivity contribution in [3.8, 4) is 5.75 Å². The van der Waals surface area contributed by atoms with Crippen molar-refractivity contribution >= 4 is 5.97 Å². The van der Waals surface area contributed by atoms with E-state index < -0.39 is 11.5 Å². The first-order valence-electron chi connectivity index (χ1n) is 6.82. The number of carboxylic acids is 1. The number of hydrogen-bond acceptors (Lipinski definition) is 4. The fraction of sp³-hybridized carbons (Fsp3) is 0.312. The summed E-state index contributed by atoms with van der Waals surface area (Å²) in [7, 11) is 0. The van der Waals surface area contributed by atoms with Crippen molar-refractivity contribution in [1.82, 2.24) is 9.97 Å². The molecule has 0 atom stereocenters. The summed E-state index contributed by atoms with van der Waals surface area (Å²) in [5, 5.41) is 8.87. The number of benzene rings is 1. The highest BCUT2D eigenvalue weighted by atomic mass is 16.5. The SMILES string of the molecule is CC(C)(C)c1ccc(OCc2nc(C(=O)O)cc(=O)[nH]2)cc1. The van der Waals surface area contributed by atoms with Gasteiger partial charge >= 0.3 is 5.97 Å². The number of nitrogens with zero attached hydrogens (tertiary/aromatic N) is 1. The van der Waals surface area contributed by atoms with Crippen LogP contribution in [0.2, 0.25) is 0 Å². The van der Waals surface area contributed by atoms with Crippen molar-refractivity contribution in [2.24, 2.45) is 0 Å². The van der Waals surface area contributed by atoms with Gasteiger partial charge in [0.25, 0.3) is 5.56 Å². The molecule has 6 nitrogen and oxygen atoms in total. The second kappa shape index (κ2) is 6.01. The maximum Gasteiger partial charge on any atom is 0.354 e. The summed E-state index contributed by atoms with van der Waals surface area (Å²) in [6.45, 7) is 6.35. The first-order chi connectivity index (χ1) is 10.3. The Bertz CT molecular complexity index is 727. The monoisotopic (exact) mass is 302 g/mol. The highest BCUT2D eigenvalue weighted by Gasteiger charge is 2.13. The molecule has 0 bridgehead atoms. The third-order valence-electron chi connectivity index (χ3n) is 3.11. The molecule has 1 aromatic heterocycles. The van der Waals surface area contributed by atoms with E-state index in [-0.39, 0.29) is 23.5 Å². The molecule has 2 aromatic rings. The molecule has 1 aromatic carbocycles. The van der Waals surface area contributed by atoms with Crippen molar-refractivity contribution in [1.29, 1.82) is 0 Å². The second-order valence-electron chi connectivity index (χ2n) is 5.95. The number of ether oxygens (including phenoxy) is 1. The highest BCUT2D eigenvalue weighted by Crippen LogP contribution is 2.24. The molecular formula is C16H18N2O4.